The lowest BCUT2D eigenvalue weighted by Crippen LogP contribution is -2.21. The van der Waals surface area contributed by atoms with Crippen LogP contribution >= 0.6 is 27.3 Å². The van der Waals surface area contributed by atoms with Crippen LogP contribution in [-0.2, 0) is 16.1 Å². The Labute approximate surface area is 169 Å². The lowest BCUT2D eigenvalue weighted by Gasteiger charge is -2.09. The van der Waals surface area contributed by atoms with Crippen molar-refractivity contribution in [2.24, 2.45) is 5.73 Å². The van der Waals surface area contributed by atoms with Crippen molar-refractivity contribution in [3.63, 3.8) is 0 Å². The summed E-state index contributed by atoms with van der Waals surface area (Å²) in [5.41, 5.74) is 11.4. The van der Waals surface area contributed by atoms with Crippen molar-refractivity contribution in [2.75, 3.05) is 12.3 Å². The van der Waals surface area contributed by atoms with Gasteiger partial charge in [-0.15, -0.1) is 11.3 Å². The molecule has 0 aliphatic carbocycles. The summed E-state index contributed by atoms with van der Waals surface area (Å²) in [6.45, 7) is -0.782. The first-order valence-electron chi connectivity index (χ1n) is 7.65. The van der Waals surface area contributed by atoms with Crippen LogP contribution in [0.1, 0.15) is 15.9 Å². The molecule has 0 bridgehead atoms. The molecule has 3 aromatic rings. The molecule has 1 amide bonds. The molecule has 28 heavy (non-hydrogen) atoms. The number of benzene rings is 1. The van der Waals surface area contributed by atoms with Crippen molar-refractivity contribution in [1.82, 2.24) is 4.98 Å². The van der Waals surface area contributed by atoms with Crippen molar-refractivity contribution in [3.05, 3.63) is 50.9 Å². The van der Waals surface area contributed by atoms with Crippen molar-refractivity contribution in [1.29, 1.82) is 0 Å². The van der Waals surface area contributed by atoms with Gasteiger partial charge in [0.25, 0.3) is 5.91 Å². The minimum absolute atomic E-state index is 0.0858. The number of carbonyl (C=O) groups excluding carboxylic acids is 2. The van der Waals surface area contributed by atoms with Crippen LogP contribution in [0.25, 0.3) is 10.1 Å². The van der Waals surface area contributed by atoms with Gasteiger partial charge in [-0.25, -0.2) is 18.6 Å². The number of halogens is 3. The van der Waals surface area contributed by atoms with E-state index in [0.29, 0.717) is 15.6 Å². The number of anilines is 1. The fraction of sp³-hybridized carbons (Fsp3) is 0.118. The van der Waals surface area contributed by atoms with E-state index in [9.17, 15) is 18.4 Å². The van der Waals surface area contributed by atoms with Crippen LogP contribution < -0.4 is 16.2 Å². The minimum atomic E-state index is -0.867. The number of ether oxygens (including phenoxy) is 2. The van der Waals surface area contributed by atoms with E-state index in [1.807, 2.05) is 0 Å². The Morgan fingerprint density at radius 3 is 2.57 bits per heavy atom. The van der Waals surface area contributed by atoms with E-state index in [-0.39, 0.29) is 22.5 Å². The van der Waals surface area contributed by atoms with Crippen LogP contribution in [0.15, 0.2) is 28.2 Å². The molecule has 3 rings (SSSR count). The number of amides is 1. The molecule has 0 saturated carbocycles. The van der Waals surface area contributed by atoms with Gasteiger partial charge in [0, 0.05) is 21.6 Å². The molecule has 0 aliphatic heterocycles. The highest BCUT2D eigenvalue weighted by molar-refractivity contribution is 9.10. The zero-order valence-electron chi connectivity index (χ0n) is 14.0. The predicted molar refractivity (Wildman–Crippen MR) is 102 cm³/mol. The predicted octanol–water partition coefficient (Wildman–Crippen LogP) is 3.14. The monoisotopic (exact) mass is 471 g/mol. The zero-order chi connectivity index (χ0) is 20.4. The Hall–Kier alpha value is -2.79. The maximum Gasteiger partial charge on any atom is 0.341 e. The van der Waals surface area contributed by atoms with Crippen molar-refractivity contribution in [2.45, 2.75) is 6.61 Å². The molecule has 4 N–H and O–H groups in total. The number of nitrogens with zero attached hydrogens (tertiary/aromatic N) is 1. The second kappa shape index (κ2) is 8.07. The van der Waals surface area contributed by atoms with Crippen molar-refractivity contribution >= 4 is 55.0 Å². The van der Waals surface area contributed by atoms with E-state index in [1.54, 1.807) is 5.38 Å². The van der Waals surface area contributed by atoms with Gasteiger partial charge in [0.2, 0.25) is 0 Å². The third-order valence-electron chi connectivity index (χ3n) is 3.60. The number of thiophene rings is 1. The van der Waals surface area contributed by atoms with Gasteiger partial charge in [-0.3, -0.25) is 4.79 Å². The third kappa shape index (κ3) is 4.04. The maximum atomic E-state index is 13.9. The summed E-state index contributed by atoms with van der Waals surface area (Å²) >= 11 is 4.14. The Morgan fingerprint density at radius 2 is 1.93 bits per heavy atom. The van der Waals surface area contributed by atoms with E-state index in [2.05, 4.69) is 20.9 Å². The van der Waals surface area contributed by atoms with Crippen LogP contribution in [-0.4, -0.2) is 23.5 Å². The summed E-state index contributed by atoms with van der Waals surface area (Å²) < 4.78 is 38.6. The Morgan fingerprint density at radius 1 is 1.25 bits per heavy atom. The fourth-order valence-electron chi connectivity index (χ4n) is 2.41. The summed E-state index contributed by atoms with van der Waals surface area (Å²) in [7, 11) is 0. The molecule has 0 fully saturated rings. The highest BCUT2D eigenvalue weighted by atomic mass is 79.9. The minimum Gasteiger partial charge on any atom is -0.483 e. The lowest BCUT2D eigenvalue weighted by atomic mass is 10.1. The molecule has 0 radical (unpaired) electrons. The largest absolute Gasteiger partial charge is 0.483 e. The first-order valence-corrected chi connectivity index (χ1v) is 9.32. The first-order chi connectivity index (χ1) is 13.3. The first kappa shape index (κ1) is 20.0. The molecular weight excluding hydrogens is 460 g/mol. The molecule has 146 valence electrons. The van der Waals surface area contributed by atoms with Gasteiger partial charge in [-0.1, -0.05) is 15.9 Å². The van der Waals surface area contributed by atoms with E-state index in [4.69, 9.17) is 20.9 Å². The van der Waals surface area contributed by atoms with Gasteiger partial charge in [-0.2, -0.15) is 0 Å². The van der Waals surface area contributed by atoms with E-state index in [1.165, 1.54) is 6.20 Å². The smallest absolute Gasteiger partial charge is 0.341 e. The van der Waals surface area contributed by atoms with E-state index >= 15 is 0 Å². The number of nitrogens with two attached hydrogens (primary N) is 2. The van der Waals surface area contributed by atoms with Gasteiger partial charge in [0.05, 0.1) is 10.3 Å². The maximum absolute atomic E-state index is 13.9. The molecule has 0 unspecified atom stereocenters. The number of fused-ring (bicyclic) bond motifs is 1. The summed E-state index contributed by atoms with van der Waals surface area (Å²) in [6, 6.07) is 2.15. The second-order valence-electron chi connectivity index (χ2n) is 5.55. The number of hydrogen-bond donors (Lipinski definition) is 2. The number of primary amides is 1. The summed E-state index contributed by atoms with van der Waals surface area (Å²) in [5.74, 6) is -3.76. The van der Waals surface area contributed by atoms with Gasteiger partial charge in [0.15, 0.2) is 24.0 Å². The van der Waals surface area contributed by atoms with Crippen LogP contribution in [0, 0.1) is 11.6 Å². The number of rotatable bonds is 6. The van der Waals surface area contributed by atoms with Gasteiger partial charge in [0.1, 0.15) is 12.4 Å². The molecular formula is C17H12BrF2N3O4S. The summed E-state index contributed by atoms with van der Waals surface area (Å²) in [4.78, 5) is 26.9. The molecule has 2 aromatic heterocycles. The molecule has 0 atom stereocenters. The SMILES string of the molecule is NC(=O)COC(=O)c1cnc(N)c2c(COc3c(F)cc(Br)cc3F)csc12. The summed E-state index contributed by atoms with van der Waals surface area (Å²) in [6.07, 6.45) is 1.22. The van der Waals surface area contributed by atoms with Gasteiger partial charge in [-0.05, 0) is 17.5 Å². The van der Waals surface area contributed by atoms with Crippen molar-refractivity contribution in [3.8, 4) is 5.75 Å². The molecule has 11 heteroatoms. The molecule has 1 aromatic carbocycles. The second-order valence-corrected chi connectivity index (χ2v) is 7.35. The Kier molecular flexibility index (Phi) is 5.75. The van der Waals surface area contributed by atoms with Crippen LogP contribution in [0.3, 0.4) is 0 Å². The molecule has 0 aliphatic rings. The zero-order valence-corrected chi connectivity index (χ0v) is 16.4. The Bertz CT molecular complexity index is 1070. The Balaban J connectivity index is 1.90. The topological polar surface area (TPSA) is 118 Å². The number of aromatic nitrogens is 1. The third-order valence-corrected chi connectivity index (χ3v) is 5.12. The summed E-state index contributed by atoms with van der Waals surface area (Å²) in [5, 5.41) is 2.03. The van der Waals surface area contributed by atoms with Gasteiger partial charge >= 0.3 is 5.97 Å². The number of nitrogen functional groups attached to an aromatic ring is 1. The fourth-order valence-corrected chi connectivity index (χ4v) is 3.88. The molecule has 7 nitrogen and oxygen atoms in total. The van der Waals surface area contributed by atoms with Crippen LogP contribution in [0.2, 0.25) is 0 Å². The highest BCUT2D eigenvalue weighted by Crippen LogP contribution is 2.34. The van der Waals surface area contributed by atoms with Crippen LogP contribution in [0.4, 0.5) is 14.6 Å². The standard InChI is InChI=1S/C17H12BrF2N3O4S/c18-8-1-10(19)14(11(20)2-8)26-4-7-6-28-15-9(3-23-16(22)13(7)15)17(25)27-5-12(21)24/h1-3,6H,4-5H2,(H2,21,24)(H2,22,23). The average molecular weight is 472 g/mol. The number of carbonyl (C=O) groups is 2. The normalized spacial score (nSPS) is 10.8. The van der Waals surface area contributed by atoms with E-state index < -0.39 is 35.9 Å². The van der Waals surface area contributed by atoms with Crippen molar-refractivity contribution < 1.29 is 27.8 Å². The van der Waals surface area contributed by atoms with Crippen LogP contribution in [0.5, 0.6) is 5.75 Å². The number of esters is 1. The number of hydrogen-bond acceptors (Lipinski definition) is 7. The molecule has 2 heterocycles. The molecule has 0 spiro atoms. The van der Waals surface area contributed by atoms with Gasteiger partial charge < -0.3 is 20.9 Å². The quantitative estimate of drug-likeness (QED) is 0.533. The van der Waals surface area contributed by atoms with E-state index in [0.717, 1.165) is 23.5 Å². The number of pyridine rings is 1. The average Bonchev–Trinajstić information content (AvgIpc) is 3.04. The molecule has 0 saturated heterocycles. The lowest BCUT2D eigenvalue weighted by molar-refractivity contribution is -0.121. The highest BCUT2D eigenvalue weighted by Gasteiger charge is 2.20.